The van der Waals surface area contributed by atoms with Crippen LogP contribution in [-0.2, 0) is 9.63 Å². The molecule has 1 aliphatic heterocycles. The molecule has 2 aromatic carbocycles. The molecule has 3 aromatic rings. The van der Waals surface area contributed by atoms with Gasteiger partial charge in [-0.1, -0.05) is 47.6 Å². The molecule has 2 atom stereocenters. The van der Waals surface area contributed by atoms with Crippen LogP contribution < -0.4 is 0 Å². The van der Waals surface area contributed by atoms with Crippen LogP contribution in [0.4, 0.5) is 0 Å². The van der Waals surface area contributed by atoms with Gasteiger partial charge in [-0.15, -0.1) is 0 Å². The topological polar surface area (TPSA) is 91.1 Å². The van der Waals surface area contributed by atoms with Crippen LogP contribution in [0.1, 0.15) is 23.7 Å². The van der Waals surface area contributed by atoms with Crippen LogP contribution >= 0.6 is 0 Å². The van der Waals surface area contributed by atoms with Gasteiger partial charge in [0.05, 0.1) is 22.8 Å². The monoisotopic (exact) mass is 330 g/mol. The lowest BCUT2D eigenvalue weighted by molar-refractivity contribution is -0.129. The fraction of sp³-hybridized carbons (Fsp3) is 0.158. The Kier molecular flexibility index (Phi) is 3.75. The number of ketones is 1. The Morgan fingerprint density at radius 1 is 1.20 bits per heavy atom. The van der Waals surface area contributed by atoms with Crippen LogP contribution in [-0.4, -0.2) is 27.6 Å². The average molecular weight is 330 g/mol. The third-order valence-corrected chi connectivity index (χ3v) is 4.19. The minimum absolute atomic E-state index is 0.337. The van der Waals surface area contributed by atoms with Gasteiger partial charge in [-0.05, 0) is 17.7 Å². The van der Waals surface area contributed by atoms with Crippen LogP contribution in [0, 0.1) is 11.3 Å². The van der Waals surface area contributed by atoms with Crippen molar-refractivity contribution in [3.05, 3.63) is 66.0 Å². The van der Waals surface area contributed by atoms with Gasteiger partial charge in [0, 0.05) is 6.42 Å². The second kappa shape index (κ2) is 6.21. The number of rotatable bonds is 4. The molecule has 0 amide bonds. The third kappa shape index (κ3) is 2.76. The van der Waals surface area contributed by atoms with Crippen molar-refractivity contribution in [2.45, 2.75) is 18.4 Å². The number of hydrogen-bond acceptors (Lipinski definition) is 5. The maximum Gasteiger partial charge on any atom is 0.201 e. The zero-order valence-corrected chi connectivity index (χ0v) is 13.2. The first-order valence-corrected chi connectivity index (χ1v) is 7.92. The lowest BCUT2D eigenvalue weighted by atomic mass is 9.95. The first kappa shape index (κ1) is 15.1. The van der Waals surface area contributed by atoms with E-state index in [0.717, 1.165) is 16.6 Å². The van der Waals surface area contributed by atoms with E-state index in [-0.39, 0.29) is 5.78 Å². The Labute approximate surface area is 143 Å². The number of fused-ring (bicyclic) bond motifs is 1. The number of aromatic nitrogens is 2. The van der Waals surface area contributed by atoms with E-state index >= 15 is 0 Å². The highest BCUT2D eigenvalue weighted by molar-refractivity contribution is 6.05. The van der Waals surface area contributed by atoms with Crippen molar-refractivity contribution in [2.75, 3.05) is 0 Å². The van der Waals surface area contributed by atoms with Crippen molar-refractivity contribution in [2.24, 2.45) is 5.16 Å². The number of carbonyl (C=O) groups is 1. The summed E-state index contributed by atoms with van der Waals surface area (Å²) in [6.07, 6.45) is -0.422. The van der Waals surface area contributed by atoms with Gasteiger partial charge in [-0.2, -0.15) is 5.26 Å². The first-order valence-electron chi connectivity index (χ1n) is 7.92. The maximum atomic E-state index is 12.7. The normalized spacial score (nSPS) is 17.6. The van der Waals surface area contributed by atoms with Crippen molar-refractivity contribution in [3.63, 3.8) is 0 Å². The SMILES string of the molecule is N#C[C@H](C(=O)[C@@H]1CC(c2ccccc2)=NO1)c1nc2ccccc2[nH]1. The van der Waals surface area contributed by atoms with Gasteiger partial charge in [0.15, 0.2) is 12.0 Å². The maximum absolute atomic E-state index is 12.7. The van der Waals surface area contributed by atoms with E-state index in [1.54, 1.807) is 0 Å². The van der Waals surface area contributed by atoms with Crippen LogP contribution in [0.5, 0.6) is 0 Å². The number of carbonyl (C=O) groups excluding carboxylic acids is 1. The summed E-state index contributed by atoms with van der Waals surface area (Å²) in [7, 11) is 0. The Morgan fingerprint density at radius 3 is 2.72 bits per heavy atom. The molecule has 1 aliphatic rings. The summed E-state index contributed by atoms with van der Waals surface area (Å²) >= 11 is 0. The van der Waals surface area contributed by atoms with Gasteiger partial charge in [0.2, 0.25) is 5.78 Å². The molecule has 6 nitrogen and oxygen atoms in total. The summed E-state index contributed by atoms with van der Waals surface area (Å²) in [6.45, 7) is 0. The minimum atomic E-state index is -1.01. The lowest BCUT2D eigenvalue weighted by Gasteiger charge is -2.10. The molecule has 0 bridgehead atoms. The number of Topliss-reactive ketones (excluding diaryl/α,β-unsaturated/α-hetero) is 1. The van der Waals surface area contributed by atoms with Gasteiger partial charge >= 0.3 is 0 Å². The molecular weight excluding hydrogens is 316 g/mol. The second-order valence-corrected chi connectivity index (χ2v) is 5.81. The largest absolute Gasteiger partial charge is 0.384 e. The van der Waals surface area contributed by atoms with Crippen molar-refractivity contribution >= 4 is 22.5 Å². The molecule has 0 unspecified atom stereocenters. The molecule has 4 rings (SSSR count). The number of para-hydroxylation sites is 2. The Hall–Kier alpha value is -3.46. The van der Waals surface area contributed by atoms with Crippen molar-refractivity contribution in [1.29, 1.82) is 5.26 Å². The Morgan fingerprint density at radius 2 is 1.96 bits per heavy atom. The molecule has 0 aliphatic carbocycles. The lowest BCUT2D eigenvalue weighted by Crippen LogP contribution is -2.27. The van der Waals surface area contributed by atoms with Crippen molar-refractivity contribution in [1.82, 2.24) is 9.97 Å². The predicted molar refractivity (Wildman–Crippen MR) is 91.9 cm³/mol. The number of aromatic amines is 1. The van der Waals surface area contributed by atoms with E-state index < -0.39 is 12.0 Å². The number of benzene rings is 2. The van der Waals surface area contributed by atoms with Gasteiger partial charge < -0.3 is 9.82 Å². The zero-order valence-electron chi connectivity index (χ0n) is 13.2. The molecule has 6 heteroatoms. The minimum Gasteiger partial charge on any atom is -0.384 e. The summed E-state index contributed by atoms with van der Waals surface area (Å²) in [5.41, 5.74) is 3.13. The highest BCUT2D eigenvalue weighted by Crippen LogP contribution is 2.24. The summed E-state index contributed by atoms with van der Waals surface area (Å²) < 4.78 is 0. The number of oxime groups is 1. The fourth-order valence-corrected chi connectivity index (χ4v) is 2.89. The molecule has 1 aromatic heterocycles. The molecule has 1 N–H and O–H groups in total. The van der Waals surface area contributed by atoms with Gasteiger partial charge in [-0.3, -0.25) is 4.79 Å². The summed E-state index contributed by atoms with van der Waals surface area (Å²) in [6, 6.07) is 19.0. The number of nitrogens with zero attached hydrogens (tertiary/aromatic N) is 3. The van der Waals surface area contributed by atoms with Crippen molar-refractivity contribution in [3.8, 4) is 6.07 Å². The van der Waals surface area contributed by atoms with E-state index in [2.05, 4.69) is 15.1 Å². The number of nitriles is 1. The van der Waals surface area contributed by atoms with Crippen LogP contribution in [0.3, 0.4) is 0 Å². The van der Waals surface area contributed by atoms with Gasteiger partial charge in [0.25, 0.3) is 0 Å². The molecule has 2 heterocycles. The molecule has 122 valence electrons. The smallest absolute Gasteiger partial charge is 0.201 e. The van der Waals surface area contributed by atoms with Crippen LogP contribution in [0.15, 0.2) is 59.8 Å². The van der Waals surface area contributed by atoms with Crippen molar-refractivity contribution < 1.29 is 9.63 Å². The third-order valence-electron chi connectivity index (χ3n) is 4.19. The Bertz CT molecular complexity index is 968. The highest BCUT2D eigenvalue weighted by Gasteiger charge is 2.36. The fourth-order valence-electron chi connectivity index (χ4n) is 2.89. The van der Waals surface area contributed by atoms with Crippen LogP contribution in [0.2, 0.25) is 0 Å². The highest BCUT2D eigenvalue weighted by atomic mass is 16.6. The van der Waals surface area contributed by atoms with Gasteiger partial charge in [0.1, 0.15) is 5.82 Å². The number of hydrogen-bond donors (Lipinski definition) is 1. The zero-order chi connectivity index (χ0) is 17.2. The number of H-pyrrole nitrogens is 1. The molecule has 0 saturated heterocycles. The van der Waals surface area contributed by atoms with Crippen LogP contribution in [0.25, 0.3) is 11.0 Å². The predicted octanol–water partition coefficient (Wildman–Crippen LogP) is 2.93. The molecule has 25 heavy (non-hydrogen) atoms. The number of nitrogens with one attached hydrogen (secondary N) is 1. The van der Waals surface area contributed by atoms with E-state index in [1.165, 1.54) is 0 Å². The van der Waals surface area contributed by atoms with E-state index in [1.807, 2.05) is 60.7 Å². The first-order chi connectivity index (χ1) is 12.3. The van der Waals surface area contributed by atoms with E-state index in [9.17, 15) is 10.1 Å². The molecular formula is C19H14N4O2. The second-order valence-electron chi connectivity index (χ2n) is 5.81. The molecule has 0 saturated carbocycles. The van der Waals surface area contributed by atoms with Gasteiger partial charge in [-0.25, -0.2) is 4.98 Å². The van der Waals surface area contributed by atoms with E-state index in [4.69, 9.17) is 4.84 Å². The van der Waals surface area contributed by atoms with E-state index in [0.29, 0.717) is 18.0 Å². The quantitative estimate of drug-likeness (QED) is 0.796. The summed E-state index contributed by atoms with van der Waals surface area (Å²) in [5.74, 6) is -1.01. The number of imidazole rings is 1. The summed E-state index contributed by atoms with van der Waals surface area (Å²) in [4.78, 5) is 25.5. The summed E-state index contributed by atoms with van der Waals surface area (Å²) in [5, 5.41) is 13.5. The molecule has 0 spiro atoms. The average Bonchev–Trinajstić information content (AvgIpc) is 3.30. The standard InChI is InChI=1S/C19H14N4O2/c20-11-13(19-21-14-8-4-5-9-15(14)22-19)18(24)17-10-16(23-25-17)12-6-2-1-3-7-12/h1-9,13,17H,10H2,(H,21,22)/t13-,17+/m1/s1. The molecule has 0 radical (unpaired) electrons. The Balaban J connectivity index is 1.55. The molecule has 0 fully saturated rings.